The van der Waals surface area contributed by atoms with E-state index in [4.69, 9.17) is 14.4 Å². The summed E-state index contributed by atoms with van der Waals surface area (Å²) in [4.78, 5) is 29.5. The van der Waals surface area contributed by atoms with E-state index in [0.717, 1.165) is 56.1 Å². The SMILES string of the molecule is CCNc1nnc(-c2cnc(N3C[C@H](C)N(C4CCN(C(=O)c5ccc(C)cc5)CC4)C[C@H]3C)c(C)n2)o1. The first kappa shape index (κ1) is 26.1. The molecule has 1 aromatic carbocycles. The summed E-state index contributed by atoms with van der Waals surface area (Å²) in [5.41, 5.74) is 3.38. The van der Waals surface area contributed by atoms with Gasteiger partial charge in [-0.05, 0) is 59.6 Å². The normalized spacial score (nSPS) is 21.1. The van der Waals surface area contributed by atoms with Crippen molar-refractivity contribution in [1.82, 2.24) is 30.0 Å². The number of carbonyl (C=O) groups is 1. The van der Waals surface area contributed by atoms with Crippen molar-refractivity contribution >= 4 is 17.7 Å². The molecule has 3 aromatic rings. The number of carbonyl (C=O) groups excluding carboxylic acids is 1. The zero-order valence-electron chi connectivity index (χ0n) is 23.0. The minimum atomic E-state index is 0.144. The molecule has 1 N–H and O–H groups in total. The molecule has 2 atom stereocenters. The molecule has 1 amide bonds. The molecule has 0 spiro atoms. The van der Waals surface area contributed by atoms with Crippen LogP contribution in [0.4, 0.5) is 11.8 Å². The first-order chi connectivity index (χ1) is 18.3. The van der Waals surface area contributed by atoms with Crippen molar-refractivity contribution in [3.8, 4) is 11.6 Å². The number of aromatic nitrogens is 4. The molecule has 0 bridgehead atoms. The maximum atomic E-state index is 13.0. The number of piperazine rings is 1. The van der Waals surface area contributed by atoms with E-state index in [1.807, 2.05) is 49.9 Å². The van der Waals surface area contributed by atoms with Crippen molar-refractivity contribution in [1.29, 1.82) is 0 Å². The molecule has 2 saturated heterocycles. The molecule has 0 aliphatic carbocycles. The highest BCUT2D eigenvalue weighted by molar-refractivity contribution is 5.94. The van der Waals surface area contributed by atoms with Gasteiger partial charge in [0.1, 0.15) is 11.5 Å². The van der Waals surface area contributed by atoms with Crippen LogP contribution in [0, 0.1) is 13.8 Å². The van der Waals surface area contributed by atoms with E-state index in [9.17, 15) is 4.79 Å². The molecular formula is C28H38N8O2. The number of benzene rings is 1. The molecule has 0 saturated carbocycles. The van der Waals surface area contributed by atoms with Crippen molar-refractivity contribution in [2.24, 2.45) is 0 Å². The third-order valence-electron chi connectivity index (χ3n) is 7.72. The largest absolute Gasteiger partial charge is 0.402 e. The van der Waals surface area contributed by atoms with E-state index in [1.165, 1.54) is 5.56 Å². The lowest BCUT2D eigenvalue weighted by atomic mass is 9.97. The smallest absolute Gasteiger partial charge is 0.315 e. The van der Waals surface area contributed by atoms with Crippen LogP contribution in [0.25, 0.3) is 11.6 Å². The lowest BCUT2D eigenvalue weighted by Crippen LogP contribution is -2.61. The van der Waals surface area contributed by atoms with Gasteiger partial charge in [0.2, 0.25) is 0 Å². The fraction of sp³-hybridized carbons (Fsp3) is 0.536. The molecule has 4 heterocycles. The van der Waals surface area contributed by atoms with Crippen LogP contribution in [0.3, 0.4) is 0 Å². The van der Waals surface area contributed by atoms with Crippen LogP contribution in [0.2, 0.25) is 0 Å². The average Bonchev–Trinajstić information content (AvgIpc) is 3.39. The van der Waals surface area contributed by atoms with Gasteiger partial charge in [0.15, 0.2) is 0 Å². The molecule has 2 aliphatic rings. The van der Waals surface area contributed by atoms with Crippen LogP contribution in [-0.2, 0) is 0 Å². The van der Waals surface area contributed by atoms with Gasteiger partial charge in [-0.15, -0.1) is 5.10 Å². The number of likely N-dealkylation sites (tertiary alicyclic amines) is 1. The lowest BCUT2D eigenvalue weighted by Gasteiger charge is -2.49. The Bertz CT molecular complexity index is 1250. The Balaban J connectivity index is 1.20. The van der Waals surface area contributed by atoms with Gasteiger partial charge in [-0.3, -0.25) is 9.69 Å². The Morgan fingerprint density at radius 2 is 1.79 bits per heavy atom. The van der Waals surface area contributed by atoms with Crippen LogP contribution >= 0.6 is 0 Å². The van der Waals surface area contributed by atoms with E-state index in [2.05, 4.69) is 39.2 Å². The summed E-state index contributed by atoms with van der Waals surface area (Å²) in [6.45, 7) is 14.7. The minimum absolute atomic E-state index is 0.144. The Kier molecular flexibility index (Phi) is 7.60. The number of nitrogens with one attached hydrogen (secondary N) is 1. The standard InChI is InChI=1S/C28H38N8O2/c1-6-29-28-33-32-26(38-28)24-15-30-25(21(5)31-24)36-17-19(3)35(16-20(36)4)23-11-13-34(14-12-23)27(37)22-9-7-18(2)8-10-22/h7-10,15,19-20,23H,6,11-14,16-17H2,1-5H3,(H,29,33)/t19-,20+/m0/s1. The van der Waals surface area contributed by atoms with E-state index in [0.29, 0.717) is 42.3 Å². The molecule has 202 valence electrons. The summed E-state index contributed by atoms with van der Waals surface area (Å²) in [5, 5.41) is 11.1. The highest BCUT2D eigenvalue weighted by Gasteiger charge is 2.36. The molecule has 0 unspecified atom stereocenters. The number of amides is 1. The number of rotatable bonds is 6. The molecule has 38 heavy (non-hydrogen) atoms. The first-order valence-corrected chi connectivity index (χ1v) is 13.6. The molecule has 2 aliphatic heterocycles. The van der Waals surface area contributed by atoms with Gasteiger partial charge in [-0.25, -0.2) is 9.97 Å². The quantitative estimate of drug-likeness (QED) is 0.522. The maximum Gasteiger partial charge on any atom is 0.315 e. The molecule has 2 fully saturated rings. The topological polar surface area (TPSA) is 104 Å². The van der Waals surface area contributed by atoms with Gasteiger partial charge in [0.25, 0.3) is 11.8 Å². The van der Waals surface area contributed by atoms with E-state index < -0.39 is 0 Å². The highest BCUT2D eigenvalue weighted by atomic mass is 16.4. The maximum absolute atomic E-state index is 13.0. The number of hydrogen-bond acceptors (Lipinski definition) is 9. The molecule has 10 heteroatoms. The van der Waals surface area contributed by atoms with Crippen molar-refractivity contribution in [3.63, 3.8) is 0 Å². The predicted molar refractivity (Wildman–Crippen MR) is 147 cm³/mol. The monoisotopic (exact) mass is 518 g/mol. The molecule has 5 rings (SSSR count). The Labute approximate surface area is 224 Å². The second-order valence-corrected chi connectivity index (χ2v) is 10.5. The van der Waals surface area contributed by atoms with Gasteiger partial charge in [0.05, 0.1) is 11.9 Å². The molecule has 10 nitrogen and oxygen atoms in total. The lowest BCUT2D eigenvalue weighted by molar-refractivity contribution is 0.0479. The van der Waals surface area contributed by atoms with Crippen LogP contribution in [-0.4, -0.2) is 86.7 Å². The third kappa shape index (κ3) is 5.36. The predicted octanol–water partition coefficient (Wildman–Crippen LogP) is 3.78. The van der Waals surface area contributed by atoms with Gasteiger partial charge >= 0.3 is 6.01 Å². The van der Waals surface area contributed by atoms with Gasteiger partial charge in [-0.1, -0.05) is 22.8 Å². The van der Waals surface area contributed by atoms with Crippen LogP contribution < -0.4 is 10.2 Å². The van der Waals surface area contributed by atoms with Crippen molar-refractivity contribution in [3.05, 3.63) is 47.3 Å². The van der Waals surface area contributed by atoms with Crippen molar-refractivity contribution in [2.75, 3.05) is 42.9 Å². The van der Waals surface area contributed by atoms with Gasteiger partial charge in [-0.2, -0.15) is 0 Å². The number of aryl methyl sites for hydroxylation is 2. The summed E-state index contributed by atoms with van der Waals surface area (Å²) in [6, 6.07) is 9.42. The molecule has 2 aromatic heterocycles. The number of piperidine rings is 1. The Hall–Kier alpha value is -3.53. The summed E-state index contributed by atoms with van der Waals surface area (Å²) in [7, 11) is 0. The third-order valence-corrected chi connectivity index (χ3v) is 7.72. The minimum Gasteiger partial charge on any atom is -0.402 e. The van der Waals surface area contributed by atoms with Crippen molar-refractivity contribution < 1.29 is 9.21 Å². The molecule has 0 radical (unpaired) electrons. The van der Waals surface area contributed by atoms with E-state index >= 15 is 0 Å². The number of hydrogen-bond donors (Lipinski definition) is 1. The second kappa shape index (κ2) is 11.1. The first-order valence-electron chi connectivity index (χ1n) is 13.6. The fourth-order valence-electron chi connectivity index (χ4n) is 5.65. The Morgan fingerprint density at radius 3 is 2.47 bits per heavy atom. The average molecular weight is 519 g/mol. The van der Waals surface area contributed by atoms with Crippen LogP contribution in [0.15, 0.2) is 34.9 Å². The van der Waals surface area contributed by atoms with Gasteiger partial charge < -0.3 is 19.5 Å². The fourth-order valence-corrected chi connectivity index (χ4v) is 5.65. The van der Waals surface area contributed by atoms with E-state index in [-0.39, 0.29) is 5.91 Å². The molecular weight excluding hydrogens is 480 g/mol. The van der Waals surface area contributed by atoms with Crippen LogP contribution in [0.1, 0.15) is 55.2 Å². The zero-order chi connectivity index (χ0) is 26.8. The Morgan fingerprint density at radius 1 is 1.05 bits per heavy atom. The summed E-state index contributed by atoms with van der Waals surface area (Å²) < 4.78 is 5.64. The summed E-state index contributed by atoms with van der Waals surface area (Å²) in [5.74, 6) is 1.41. The summed E-state index contributed by atoms with van der Waals surface area (Å²) >= 11 is 0. The van der Waals surface area contributed by atoms with Crippen LogP contribution in [0.5, 0.6) is 0 Å². The highest BCUT2D eigenvalue weighted by Crippen LogP contribution is 2.29. The van der Waals surface area contributed by atoms with E-state index in [1.54, 1.807) is 6.20 Å². The summed E-state index contributed by atoms with van der Waals surface area (Å²) in [6.07, 6.45) is 3.72. The number of anilines is 2. The van der Waals surface area contributed by atoms with Crippen molar-refractivity contribution in [2.45, 2.75) is 65.6 Å². The second-order valence-electron chi connectivity index (χ2n) is 10.5. The zero-order valence-corrected chi connectivity index (χ0v) is 23.0. The van der Waals surface area contributed by atoms with Gasteiger partial charge in [0, 0.05) is 56.4 Å². The number of nitrogens with zero attached hydrogens (tertiary/aromatic N) is 7.